The Morgan fingerprint density at radius 3 is 1.80 bits per heavy atom. The fraction of sp³-hybridized carbons (Fsp3) is 0.941. The molecule has 2 nitrogen and oxygen atoms in total. The number of ether oxygens (including phenoxy) is 1. The topological polar surface area (TPSA) is 26.3 Å². The molecule has 118 valence electrons. The van der Waals surface area contributed by atoms with E-state index in [9.17, 15) is 4.79 Å². The highest BCUT2D eigenvalue weighted by atomic mass is 16.5. The third kappa shape index (κ3) is 7.96. The van der Waals surface area contributed by atoms with Gasteiger partial charge in [-0.2, -0.15) is 0 Å². The van der Waals surface area contributed by atoms with Gasteiger partial charge in [0.1, 0.15) is 6.71 Å². The van der Waals surface area contributed by atoms with Gasteiger partial charge in [-0.25, -0.2) is 0 Å². The summed E-state index contributed by atoms with van der Waals surface area (Å²) in [5.74, 6) is 2.90. The molecule has 0 spiro atoms. The smallest absolute Gasteiger partial charge is 0.302 e. The molecule has 3 heteroatoms. The minimum absolute atomic E-state index is 0.162. The zero-order chi connectivity index (χ0) is 15.7. The first-order valence-corrected chi connectivity index (χ1v) is 8.40. The number of hydrogen-bond acceptors (Lipinski definition) is 2. The van der Waals surface area contributed by atoms with Crippen LogP contribution in [0, 0.1) is 11.8 Å². The van der Waals surface area contributed by atoms with Crippen LogP contribution < -0.4 is 0 Å². The van der Waals surface area contributed by atoms with Crippen molar-refractivity contribution in [3.63, 3.8) is 0 Å². The third-order valence-corrected chi connectivity index (χ3v) is 4.94. The second-order valence-corrected chi connectivity index (χ2v) is 7.06. The first kappa shape index (κ1) is 19.5. The molecule has 0 amide bonds. The zero-order valence-corrected chi connectivity index (χ0v) is 14.7. The predicted octanol–water partition coefficient (Wildman–Crippen LogP) is 5.31. The summed E-state index contributed by atoms with van der Waals surface area (Å²) in [7, 11) is 0. The van der Waals surface area contributed by atoms with E-state index in [0.717, 1.165) is 36.6 Å². The quantitative estimate of drug-likeness (QED) is 0.308. The second kappa shape index (κ2) is 10.3. The van der Waals surface area contributed by atoms with Crippen molar-refractivity contribution in [3.05, 3.63) is 0 Å². The average Bonchev–Trinajstić information content (AvgIpc) is 2.35. The van der Waals surface area contributed by atoms with Crippen LogP contribution >= 0.6 is 0 Å². The van der Waals surface area contributed by atoms with Gasteiger partial charge in [0, 0.05) is 6.92 Å². The number of esters is 1. The second-order valence-electron chi connectivity index (χ2n) is 7.06. The molecule has 0 bridgehead atoms. The Kier molecular flexibility index (Phi) is 10.0. The Balaban J connectivity index is 4.14. The molecule has 0 aromatic rings. The number of carbonyl (C=O) groups excluding carboxylic acids is 1. The summed E-state index contributed by atoms with van der Waals surface area (Å²) >= 11 is 0. The maximum atomic E-state index is 10.7. The van der Waals surface area contributed by atoms with E-state index in [1.165, 1.54) is 26.1 Å². The summed E-state index contributed by atoms with van der Waals surface area (Å²) in [6, 6.07) is 0. The molecule has 0 aliphatic rings. The van der Waals surface area contributed by atoms with Crippen LogP contribution in [-0.2, 0) is 9.53 Å². The van der Waals surface area contributed by atoms with Crippen molar-refractivity contribution in [1.82, 2.24) is 0 Å². The first-order valence-electron chi connectivity index (χ1n) is 8.40. The Morgan fingerprint density at radius 1 is 0.900 bits per heavy atom. The molecule has 0 fully saturated rings. The highest BCUT2D eigenvalue weighted by Gasteiger charge is 2.30. The van der Waals surface area contributed by atoms with Gasteiger partial charge in [0.2, 0.25) is 0 Å². The zero-order valence-electron chi connectivity index (χ0n) is 14.7. The molecule has 0 N–H and O–H groups in total. The largest absolute Gasteiger partial charge is 0.466 e. The summed E-state index contributed by atoms with van der Waals surface area (Å²) in [5, 5.41) is 0. The fourth-order valence-electron chi connectivity index (χ4n) is 2.87. The van der Waals surface area contributed by atoms with Crippen LogP contribution in [0.25, 0.3) is 0 Å². The summed E-state index contributed by atoms with van der Waals surface area (Å²) in [6.45, 7) is 17.0. The molecule has 0 saturated heterocycles. The highest BCUT2D eigenvalue weighted by molar-refractivity contribution is 6.62. The lowest BCUT2D eigenvalue weighted by molar-refractivity contribution is -0.141. The Morgan fingerprint density at radius 2 is 1.40 bits per heavy atom. The lowest BCUT2D eigenvalue weighted by atomic mass is 9.29. The number of unbranched alkanes of at least 4 members (excludes halogenated alkanes) is 2. The molecule has 0 heterocycles. The van der Waals surface area contributed by atoms with Crippen LogP contribution in [0.1, 0.15) is 67.7 Å². The van der Waals surface area contributed by atoms with Crippen LogP contribution in [0.3, 0.4) is 0 Å². The fourth-order valence-corrected chi connectivity index (χ4v) is 2.87. The molecule has 0 radical (unpaired) electrons. The Bertz CT molecular complexity index is 250. The lowest BCUT2D eigenvalue weighted by Crippen LogP contribution is -2.29. The van der Waals surface area contributed by atoms with E-state index < -0.39 is 0 Å². The van der Waals surface area contributed by atoms with Gasteiger partial charge in [0.15, 0.2) is 0 Å². The highest BCUT2D eigenvalue weighted by Crippen LogP contribution is 2.35. The van der Waals surface area contributed by atoms with Gasteiger partial charge in [0.05, 0.1) is 6.61 Å². The van der Waals surface area contributed by atoms with Crippen molar-refractivity contribution >= 4 is 12.7 Å². The molecule has 0 rings (SSSR count). The van der Waals surface area contributed by atoms with Crippen molar-refractivity contribution in [2.45, 2.75) is 85.7 Å². The van der Waals surface area contributed by atoms with Crippen molar-refractivity contribution in [1.29, 1.82) is 0 Å². The minimum atomic E-state index is -0.162. The monoisotopic (exact) mass is 282 g/mol. The lowest BCUT2D eigenvalue weighted by Gasteiger charge is -2.31. The Labute approximate surface area is 127 Å². The van der Waals surface area contributed by atoms with Crippen molar-refractivity contribution in [2.75, 3.05) is 6.61 Å². The number of carbonyl (C=O) groups is 1. The first-order chi connectivity index (χ1) is 9.27. The molecule has 20 heavy (non-hydrogen) atoms. The maximum absolute atomic E-state index is 10.7. The van der Waals surface area contributed by atoms with Gasteiger partial charge in [-0.15, -0.1) is 0 Å². The van der Waals surface area contributed by atoms with Crippen molar-refractivity contribution in [3.8, 4) is 0 Å². The molecular formula is C17H35BO2. The van der Waals surface area contributed by atoms with E-state index in [4.69, 9.17) is 4.74 Å². The molecule has 2 atom stereocenters. The van der Waals surface area contributed by atoms with E-state index in [2.05, 4.69) is 41.5 Å². The van der Waals surface area contributed by atoms with Gasteiger partial charge in [-0.1, -0.05) is 84.2 Å². The van der Waals surface area contributed by atoms with Crippen LogP contribution in [0.4, 0.5) is 0 Å². The van der Waals surface area contributed by atoms with Gasteiger partial charge in [0.25, 0.3) is 0 Å². The third-order valence-electron chi connectivity index (χ3n) is 4.94. The number of hydrogen-bond donors (Lipinski definition) is 0. The van der Waals surface area contributed by atoms with Gasteiger partial charge in [-0.05, 0) is 6.42 Å². The van der Waals surface area contributed by atoms with Gasteiger partial charge >= 0.3 is 5.97 Å². The molecule has 0 aromatic carbocycles. The Hall–Kier alpha value is -0.465. The molecule has 0 saturated carbocycles. The standard InChI is InChI=1S/C17H35BO2/c1-13(2)15(5)18(16(6)14(3)4)11-9-8-10-12-20-17(7)19/h13-16H,8-12H2,1-7H3. The van der Waals surface area contributed by atoms with Crippen LogP contribution in [0.2, 0.25) is 18.0 Å². The van der Waals surface area contributed by atoms with E-state index >= 15 is 0 Å². The summed E-state index contributed by atoms with van der Waals surface area (Å²) in [6.07, 6.45) is 4.72. The normalized spacial score (nSPS) is 14.4. The maximum Gasteiger partial charge on any atom is 0.302 e. The molecule has 2 unspecified atom stereocenters. The van der Waals surface area contributed by atoms with E-state index in [-0.39, 0.29) is 5.97 Å². The van der Waals surface area contributed by atoms with Crippen LogP contribution in [-0.4, -0.2) is 19.3 Å². The predicted molar refractivity (Wildman–Crippen MR) is 89.6 cm³/mol. The van der Waals surface area contributed by atoms with Gasteiger partial charge in [-0.3, -0.25) is 4.79 Å². The summed E-state index contributed by atoms with van der Waals surface area (Å²) in [5.41, 5.74) is 0. The van der Waals surface area contributed by atoms with E-state index in [0.29, 0.717) is 6.61 Å². The average molecular weight is 282 g/mol. The minimum Gasteiger partial charge on any atom is -0.466 e. The van der Waals surface area contributed by atoms with Gasteiger partial charge < -0.3 is 4.74 Å². The van der Waals surface area contributed by atoms with Crippen molar-refractivity contribution < 1.29 is 9.53 Å². The SMILES string of the molecule is CC(=O)OCCCCCB(C(C)C(C)C)C(C)C(C)C. The van der Waals surface area contributed by atoms with Crippen LogP contribution in [0.15, 0.2) is 0 Å². The molecule has 0 aliphatic carbocycles. The van der Waals surface area contributed by atoms with Crippen molar-refractivity contribution in [2.24, 2.45) is 11.8 Å². The van der Waals surface area contributed by atoms with E-state index in [1.807, 2.05) is 0 Å². The summed E-state index contributed by atoms with van der Waals surface area (Å²) in [4.78, 5) is 10.7. The molecule has 0 aliphatic heterocycles. The summed E-state index contributed by atoms with van der Waals surface area (Å²) < 4.78 is 4.98. The van der Waals surface area contributed by atoms with Crippen LogP contribution in [0.5, 0.6) is 0 Å². The van der Waals surface area contributed by atoms with E-state index in [1.54, 1.807) is 0 Å². The number of rotatable bonds is 10. The molecular weight excluding hydrogens is 247 g/mol. The molecule has 0 aromatic heterocycles.